The van der Waals surface area contributed by atoms with Gasteiger partial charge in [0.05, 0.1) is 12.1 Å². The van der Waals surface area contributed by atoms with Crippen molar-refractivity contribution >= 4 is 17.3 Å². The Hall–Kier alpha value is -3.19. The van der Waals surface area contributed by atoms with Gasteiger partial charge in [-0.3, -0.25) is 14.0 Å². The van der Waals surface area contributed by atoms with Crippen molar-refractivity contribution in [3.05, 3.63) is 71.8 Å². The van der Waals surface area contributed by atoms with E-state index in [0.717, 1.165) is 12.8 Å². The minimum atomic E-state index is -0.346. The quantitative estimate of drug-likeness (QED) is 0.557. The van der Waals surface area contributed by atoms with Gasteiger partial charge in [-0.1, -0.05) is 36.4 Å². The molecule has 0 unspecified atom stereocenters. The highest BCUT2D eigenvalue weighted by Gasteiger charge is 2.20. The first-order valence-electron chi connectivity index (χ1n) is 9.27. The molecular formula is C21H24N4O3. The van der Waals surface area contributed by atoms with E-state index in [4.69, 9.17) is 4.74 Å². The Bertz CT molecular complexity index is 937. The zero-order valence-electron chi connectivity index (χ0n) is 15.9. The molecule has 0 aliphatic rings. The summed E-state index contributed by atoms with van der Waals surface area (Å²) >= 11 is 0. The van der Waals surface area contributed by atoms with E-state index in [1.54, 1.807) is 29.8 Å². The maximum Gasteiger partial charge on any atom is 0.287 e. The second-order valence-electron chi connectivity index (χ2n) is 6.33. The Morgan fingerprint density at radius 3 is 2.54 bits per heavy atom. The zero-order chi connectivity index (χ0) is 19.8. The number of fused-ring (bicyclic) bond motifs is 1. The first kappa shape index (κ1) is 19.6. The third-order valence-corrected chi connectivity index (χ3v) is 4.33. The Morgan fingerprint density at radius 2 is 1.75 bits per heavy atom. The van der Waals surface area contributed by atoms with Gasteiger partial charge in [-0.2, -0.15) is 0 Å². The third-order valence-electron chi connectivity index (χ3n) is 4.33. The summed E-state index contributed by atoms with van der Waals surface area (Å²) in [7, 11) is 1.57. The molecule has 0 aliphatic carbocycles. The fraction of sp³-hybridized carbons (Fsp3) is 0.286. The first-order valence-corrected chi connectivity index (χ1v) is 9.27. The van der Waals surface area contributed by atoms with E-state index in [1.807, 2.05) is 24.3 Å². The number of nitrogens with zero attached hydrogens (tertiary/aromatic N) is 2. The molecule has 0 spiro atoms. The van der Waals surface area contributed by atoms with Crippen molar-refractivity contribution in [1.82, 2.24) is 20.0 Å². The van der Waals surface area contributed by atoms with E-state index in [2.05, 4.69) is 27.8 Å². The van der Waals surface area contributed by atoms with Crippen molar-refractivity contribution in [2.75, 3.05) is 26.8 Å². The predicted octanol–water partition coefficient (Wildman–Crippen LogP) is 2.07. The molecular weight excluding hydrogens is 356 g/mol. The fourth-order valence-corrected chi connectivity index (χ4v) is 2.93. The summed E-state index contributed by atoms with van der Waals surface area (Å²) in [5, 5.41) is 5.64. The minimum absolute atomic E-state index is 0.182. The molecule has 0 bridgehead atoms. The van der Waals surface area contributed by atoms with Gasteiger partial charge in [0, 0.05) is 26.4 Å². The molecule has 2 aromatic heterocycles. The smallest absolute Gasteiger partial charge is 0.287 e. The van der Waals surface area contributed by atoms with Crippen LogP contribution in [0.15, 0.2) is 54.7 Å². The second-order valence-corrected chi connectivity index (χ2v) is 6.33. The van der Waals surface area contributed by atoms with Gasteiger partial charge in [-0.15, -0.1) is 0 Å². The molecule has 1 aromatic carbocycles. The van der Waals surface area contributed by atoms with Crippen molar-refractivity contribution in [2.45, 2.75) is 12.8 Å². The number of aromatic nitrogens is 2. The third kappa shape index (κ3) is 4.75. The molecule has 7 nitrogen and oxygen atoms in total. The summed E-state index contributed by atoms with van der Waals surface area (Å²) in [6, 6.07) is 15.5. The van der Waals surface area contributed by atoms with Crippen LogP contribution in [0.25, 0.3) is 5.52 Å². The van der Waals surface area contributed by atoms with E-state index in [1.165, 1.54) is 5.56 Å². The highest BCUT2D eigenvalue weighted by molar-refractivity contribution is 6.02. The predicted molar refractivity (Wildman–Crippen MR) is 106 cm³/mol. The molecule has 0 fully saturated rings. The Balaban J connectivity index is 1.66. The summed E-state index contributed by atoms with van der Waals surface area (Å²) < 4.78 is 6.57. The summed E-state index contributed by atoms with van der Waals surface area (Å²) in [6.07, 6.45) is 3.43. The standard InChI is InChI=1S/C21H24N4O3/c1-28-15-13-23-21(27)19-24-18(17-11-5-6-14-25(17)19)20(26)22-12-7-10-16-8-3-2-4-9-16/h2-6,8-9,11,14H,7,10,12-13,15H2,1H3,(H,22,26)(H,23,27). The van der Waals surface area contributed by atoms with Gasteiger partial charge in [0.2, 0.25) is 5.82 Å². The van der Waals surface area contributed by atoms with Crippen molar-refractivity contribution in [1.29, 1.82) is 0 Å². The largest absolute Gasteiger partial charge is 0.383 e. The molecule has 7 heteroatoms. The lowest BCUT2D eigenvalue weighted by Gasteiger charge is -2.04. The molecule has 2 N–H and O–H groups in total. The normalized spacial score (nSPS) is 10.8. The maximum atomic E-state index is 12.6. The van der Waals surface area contributed by atoms with Crippen LogP contribution in [0.1, 0.15) is 33.1 Å². The molecule has 3 aromatic rings. The maximum absolute atomic E-state index is 12.6. The molecule has 28 heavy (non-hydrogen) atoms. The number of carbonyl (C=O) groups is 2. The molecule has 0 radical (unpaired) electrons. The van der Waals surface area contributed by atoms with Gasteiger partial charge in [0.1, 0.15) is 0 Å². The van der Waals surface area contributed by atoms with Crippen LogP contribution in [0, 0.1) is 0 Å². The van der Waals surface area contributed by atoms with Gasteiger partial charge >= 0.3 is 0 Å². The van der Waals surface area contributed by atoms with Crippen LogP contribution in [-0.2, 0) is 11.2 Å². The SMILES string of the molecule is COCCNC(=O)c1nc(C(=O)NCCCc2ccccc2)c2ccccn12. The number of nitrogens with one attached hydrogen (secondary N) is 2. The number of aryl methyl sites for hydroxylation is 1. The van der Waals surface area contributed by atoms with Crippen LogP contribution in [0.4, 0.5) is 0 Å². The Labute approximate surface area is 163 Å². The van der Waals surface area contributed by atoms with Crippen molar-refractivity contribution < 1.29 is 14.3 Å². The number of methoxy groups -OCH3 is 1. The lowest BCUT2D eigenvalue weighted by molar-refractivity contribution is 0.0926. The Kier molecular flexibility index (Phi) is 6.75. The number of ether oxygens (including phenoxy) is 1. The number of carbonyl (C=O) groups excluding carboxylic acids is 2. The molecule has 0 aliphatic heterocycles. The van der Waals surface area contributed by atoms with Crippen molar-refractivity contribution in [3.8, 4) is 0 Å². The van der Waals surface area contributed by atoms with Crippen molar-refractivity contribution in [3.63, 3.8) is 0 Å². The van der Waals surface area contributed by atoms with Gasteiger partial charge in [-0.05, 0) is 30.5 Å². The van der Waals surface area contributed by atoms with Crippen LogP contribution >= 0.6 is 0 Å². The monoisotopic (exact) mass is 380 g/mol. The average Bonchev–Trinajstić information content (AvgIpc) is 3.12. The summed E-state index contributed by atoms with van der Waals surface area (Å²) in [5.41, 5.74) is 2.08. The lowest BCUT2D eigenvalue weighted by Crippen LogP contribution is -2.29. The number of rotatable bonds is 9. The molecule has 2 amide bonds. The van der Waals surface area contributed by atoms with Gasteiger partial charge in [-0.25, -0.2) is 4.98 Å². The van der Waals surface area contributed by atoms with Gasteiger partial charge in [0.15, 0.2) is 5.69 Å². The molecule has 0 saturated carbocycles. The molecule has 2 heterocycles. The molecule has 146 valence electrons. The Morgan fingerprint density at radius 1 is 1.00 bits per heavy atom. The van der Waals surface area contributed by atoms with E-state index >= 15 is 0 Å². The van der Waals surface area contributed by atoms with Crippen molar-refractivity contribution in [2.24, 2.45) is 0 Å². The number of pyridine rings is 1. The summed E-state index contributed by atoms with van der Waals surface area (Å²) in [4.78, 5) is 29.3. The number of benzene rings is 1. The highest BCUT2D eigenvalue weighted by Crippen LogP contribution is 2.13. The van der Waals surface area contributed by atoms with Crippen LogP contribution in [0.5, 0.6) is 0 Å². The van der Waals surface area contributed by atoms with E-state index in [-0.39, 0.29) is 23.3 Å². The average molecular weight is 380 g/mol. The van der Waals surface area contributed by atoms with E-state index < -0.39 is 0 Å². The lowest BCUT2D eigenvalue weighted by atomic mass is 10.1. The number of amides is 2. The molecule has 0 saturated heterocycles. The number of hydrogen-bond donors (Lipinski definition) is 2. The number of imidazole rings is 1. The molecule has 3 rings (SSSR count). The second kappa shape index (κ2) is 9.66. The van der Waals surface area contributed by atoms with E-state index in [9.17, 15) is 9.59 Å². The zero-order valence-corrected chi connectivity index (χ0v) is 15.9. The molecule has 0 atom stereocenters. The summed E-state index contributed by atoms with van der Waals surface area (Å²) in [6.45, 7) is 1.32. The van der Waals surface area contributed by atoms with Gasteiger partial charge in [0.25, 0.3) is 11.8 Å². The fourth-order valence-electron chi connectivity index (χ4n) is 2.93. The topological polar surface area (TPSA) is 84.7 Å². The van der Waals surface area contributed by atoms with Crippen LogP contribution in [-0.4, -0.2) is 48.0 Å². The van der Waals surface area contributed by atoms with Crippen LogP contribution < -0.4 is 10.6 Å². The number of hydrogen-bond acceptors (Lipinski definition) is 4. The first-order chi connectivity index (χ1) is 13.7. The summed E-state index contributed by atoms with van der Waals surface area (Å²) in [5.74, 6) is -0.449. The van der Waals surface area contributed by atoms with Crippen LogP contribution in [0.2, 0.25) is 0 Å². The van der Waals surface area contributed by atoms with Crippen LogP contribution in [0.3, 0.4) is 0 Å². The highest BCUT2D eigenvalue weighted by atomic mass is 16.5. The van der Waals surface area contributed by atoms with Gasteiger partial charge < -0.3 is 15.4 Å². The van der Waals surface area contributed by atoms with E-state index in [0.29, 0.717) is 25.2 Å². The minimum Gasteiger partial charge on any atom is -0.383 e.